The average molecular weight is 499 g/mol. The Balaban J connectivity index is 1.55. The first-order valence-corrected chi connectivity index (χ1v) is 12.4. The van der Waals surface area contributed by atoms with Crippen molar-refractivity contribution in [2.24, 2.45) is 11.7 Å². The third-order valence-corrected chi connectivity index (χ3v) is 7.18. The van der Waals surface area contributed by atoms with Gasteiger partial charge in [-0.15, -0.1) is 0 Å². The number of nitrogen functional groups attached to an aromatic ring is 1. The number of fused-ring (bicyclic) bond motifs is 1. The topological polar surface area (TPSA) is 138 Å². The third kappa shape index (κ3) is 5.14. The molecule has 1 heterocycles. The number of carbonyl (C=O) groups is 2. The van der Waals surface area contributed by atoms with E-state index >= 15 is 0 Å². The summed E-state index contributed by atoms with van der Waals surface area (Å²) in [6, 6.07) is 16.2. The minimum absolute atomic E-state index is 0.0139. The molecule has 8 nitrogen and oxygen atoms in total. The monoisotopic (exact) mass is 498 g/mol. The molecule has 0 bridgehead atoms. The van der Waals surface area contributed by atoms with Gasteiger partial charge in [-0.3, -0.25) is 10.2 Å². The van der Waals surface area contributed by atoms with Crippen molar-refractivity contribution in [2.75, 3.05) is 25.5 Å². The smallest absolute Gasteiger partial charge is 0.336 e. The van der Waals surface area contributed by atoms with Gasteiger partial charge in [0.25, 0.3) is 5.91 Å². The van der Waals surface area contributed by atoms with Gasteiger partial charge in [-0.05, 0) is 96.0 Å². The zero-order valence-electron chi connectivity index (χ0n) is 20.6. The number of rotatable bonds is 9. The second-order valence-corrected chi connectivity index (χ2v) is 9.74. The Hall–Kier alpha value is -4.33. The van der Waals surface area contributed by atoms with Crippen LogP contribution in [0.3, 0.4) is 0 Å². The van der Waals surface area contributed by atoms with Crippen LogP contribution in [0.1, 0.15) is 56.2 Å². The van der Waals surface area contributed by atoms with Crippen molar-refractivity contribution in [3.8, 4) is 16.9 Å². The van der Waals surface area contributed by atoms with Crippen LogP contribution in [0.25, 0.3) is 11.1 Å². The Bertz CT molecular complexity index is 1400. The summed E-state index contributed by atoms with van der Waals surface area (Å²) < 4.78 is 5.26. The molecule has 1 fully saturated rings. The van der Waals surface area contributed by atoms with Gasteiger partial charge in [-0.1, -0.05) is 6.07 Å². The highest BCUT2D eigenvalue weighted by atomic mass is 16.5. The molecule has 5 rings (SSSR count). The number of amidine groups is 1. The molecule has 2 aliphatic rings. The van der Waals surface area contributed by atoms with Crippen molar-refractivity contribution in [1.82, 2.24) is 5.32 Å². The standard InChI is InChI=1S/C29H30N4O4/c1-37-21-7-8-22(25(13-21)29(35)36)23-12-19(28(34)33-14-16-2-3-16)5-4-17(23)10-20-15-32-26-9-6-18(27(30)31)11-24(20)26/h4-9,11-13,16,20,32H,2-3,10,14-15H2,1H3,(H3,30,31)(H,33,34)(H,35,36). The quantitative estimate of drug-likeness (QED) is 0.221. The molecule has 1 aliphatic heterocycles. The predicted octanol–water partition coefficient (Wildman–Crippen LogP) is 4.24. The van der Waals surface area contributed by atoms with Gasteiger partial charge in [0.15, 0.2) is 0 Å². The van der Waals surface area contributed by atoms with Crippen LogP contribution in [0.4, 0.5) is 5.69 Å². The van der Waals surface area contributed by atoms with E-state index in [2.05, 4.69) is 10.6 Å². The first-order valence-electron chi connectivity index (χ1n) is 12.4. The summed E-state index contributed by atoms with van der Waals surface area (Å²) in [7, 11) is 1.50. The van der Waals surface area contributed by atoms with E-state index in [4.69, 9.17) is 15.9 Å². The van der Waals surface area contributed by atoms with Crippen molar-refractivity contribution in [3.63, 3.8) is 0 Å². The zero-order chi connectivity index (χ0) is 26.1. The molecule has 3 aromatic carbocycles. The lowest BCUT2D eigenvalue weighted by Gasteiger charge is -2.18. The van der Waals surface area contributed by atoms with Crippen molar-refractivity contribution < 1.29 is 19.4 Å². The summed E-state index contributed by atoms with van der Waals surface area (Å²) in [4.78, 5) is 25.1. The number of benzene rings is 3. The van der Waals surface area contributed by atoms with E-state index in [1.54, 1.807) is 24.3 Å². The molecular formula is C29H30N4O4. The lowest BCUT2D eigenvalue weighted by Crippen LogP contribution is -2.25. The molecule has 0 radical (unpaired) electrons. The molecule has 0 spiro atoms. The first-order chi connectivity index (χ1) is 17.8. The van der Waals surface area contributed by atoms with Gasteiger partial charge in [-0.2, -0.15) is 0 Å². The average Bonchev–Trinajstić information content (AvgIpc) is 3.66. The lowest BCUT2D eigenvalue weighted by molar-refractivity contribution is 0.0697. The van der Waals surface area contributed by atoms with Crippen LogP contribution < -0.4 is 21.1 Å². The molecule has 1 aliphatic carbocycles. The second-order valence-electron chi connectivity index (χ2n) is 9.74. The number of carboxylic acid groups (broad SMARTS) is 1. The van der Waals surface area contributed by atoms with Crippen molar-refractivity contribution >= 4 is 23.4 Å². The number of nitrogens with two attached hydrogens (primary N) is 1. The molecular weight excluding hydrogens is 468 g/mol. The van der Waals surface area contributed by atoms with Crippen LogP contribution >= 0.6 is 0 Å². The van der Waals surface area contributed by atoms with E-state index in [-0.39, 0.29) is 23.2 Å². The number of hydrogen-bond acceptors (Lipinski definition) is 5. The summed E-state index contributed by atoms with van der Waals surface area (Å²) in [6.07, 6.45) is 2.90. The number of nitrogens with one attached hydrogen (secondary N) is 3. The summed E-state index contributed by atoms with van der Waals surface area (Å²) in [5, 5.41) is 24.2. The molecule has 1 saturated carbocycles. The fourth-order valence-corrected chi connectivity index (χ4v) is 4.89. The highest BCUT2D eigenvalue weighted by molar-refractivity contribution is 6.00. The van der Waals surface area contributed by atoms with E-state index in [0.29, 0.717) is 53.4 Å². The molecule has 6 N–H and O–H groups in total. The minimum Gasteiger partial charge on any atom is -0.497 e. The number of anilines is 1. The van der Waals surface area contributed by atoms with Gasteiger partial charge in [0.05, 0.1) is 12.7 Å². The molecule has 8 heteroatoms. The minimum atomic E-state index is -1.07. The maximum absolute atomic E-state index is 12.9. The van der Waals surface area contributed by atoms with Crippen molar-refractivity contribution in [1.29, 1.82) is 5.41 Å². The van der Waals surface area contributed by atoms with Crippen LogP contribution in [-0.4, -0.2) is 43.0 Å². The number of hydrogen-bond donors (Lipinski definition) is 5. The van der Waals surface area contributed by atoms with Crippen LogP contribution in [0.2, 0.25) is 0 Å². The molecule has 1 amide bonds. The van der Waals surface area contributed by atoms with Gasteiger partial charge >= 0.3 is 5.97 Å². The lowest BCUT2D eigenvalue weighted by atomic mass is 9.86. The molecule has 1 atom stereocenters. The van der Waals surface area contributed by atoms with Gasteiger partial charge in [0.1, 0.15) is 11.6 Å². The van der Waals surface area contributed by atoms with Crippen LogP contribution in [0, 0.1) is 11.3 Å². The molecule has 0 aromatic heterocycles. The molecule has 37 heavy (non-hydrogen) atoms. The predicted molar refractivity (Wildman–Crippen MR) is 143 cm³/mol. The van der Waals surface area contributed by atoms with Gasteiger partial charge in [0.2, 0.25) is 0 Å². The van der Waals surface area contributed by atoms with E-state index in [0.717, 1.165) is 29.7 Å². The Morgan fingerprint density at radius 2 is 1.86 bits per heavy atom. The number of amides is 1. The summed E-state index contributed by atoms with van der Waals surface area (Å²) in [5.41, 5.74) is 11.2. The van der Waals surface area contributed by atoms with Crippen molar-refractivity contribution in [3.05, 3.63) is 82.4 Å². The van der Waals surface area contributed by atoms with Gasteiger partial charge < -0.3 is 26.2 Å². The highest BCUT2D eigenvalue weighted by Crippen LogP contribution is 2.38. The number of aromatic carboxylic acids is 1. The summed E-state index contributed by atoms with van der Waals surface area (Å²) >= 11 is 0. The number of carbonyl (C=O) groups excluding carboxylic acids is 1. The molecule has 0 saturated heterocycles. The maximum atomic E-state index is 12.9. The maximum Gasteiger partial charge on any atom is 0.336 e. The van der Waals surface area contributed by atoms with Gasteiger partial charge in [-0.25, -0.2) is 4.79 Å². The van der Waals surface area contributed by atoms with E-state index in [1.807, 2.05) is 24.3 Å². The Labute approximate surface area is 215 Å². The van der Waals surface area contributed by atoms with Crippen LogP contribution in [0.5, 0.6) is 5.75 Å². The van der Waals surface area contributed by atoms with Crippen LogP contribution in [-0.2, 0) is 6.42 Å². The highest BCUT2D eigenvalue weighted by Gasteiger charge is 2.26. The second kappa shape index (κ2) is 9.97. The fraction of sp³-hybridized carbons (Fsp3) is 0.276. The number of methoxy groups -OCH3 is 1. The van der Waals surface area contributed by atoms with E-state index in [9.17, 15) is 14.7 Å². The summed E-state index contributed by atoms with van der Waals surface area (Å²) in [6.45, 7) is 1.36. The summed E-state index contributed by atoms with van der Waals surface area (Å²) in [5.74, 6) is -0.120. The largest absolute Gasteiger partial charge is 0.497 e. The SMILES string of the molecule is COc1ccc(-c2cc(C(=O)NCC3CC3)ccc2CC2CNc3ccc(C(=N)N)cc32)c(C(=O)O)c1. The normalized spacial score (nSPS) is 16.0. The first kappa shape index (κ1) is 24.4. The number of carboxylic acids is 1. The van der Waals surface area contributed by atoms with E-state index < -0.39 is 5.97 Å². The molecule has 3 aromatic rings. The Kier molecular flexibility index (Phi) is 6.56. The van der Waals surface area contributed by atoms with Gasteiger partial charge in [0, 0.05) is 35.8 Å². The Morgan fingerprint density at radius 1 is 1.08 bits per heavy atom. The zero-order valence-corrected chi connectivity index (χ0v) is 20.6. The third-order valence-electron chi connectivity index (χ3n) is 7.18. The molecule has 190 valence electrons. The van der Waals surface area contributed by atoms with E-state index in [1.165, 1.54) is 13.2 Å². The molecule has 1 unspecified atom stereocenters. The fourth-order valence-electron chi connectivity index (χ4n) is 4.89. The Morgan fingerprint density at radius 3 is 2.57 bits per heavy atom. The van der Waals surface area contributed by atoms with Crippen molar-refractivity contribution in [2.45, 2.75) is 25.2 Å². The van der Waals surface area contributed by atoms with Crippen LogP contribution in [0.15, 0.2) is 54.6 Å². The number of ether oxygens (including phenoxy) is 1.